The molecule has 0 amide bonds. The van der Waals surface area contributed by atoms with Crippen molar-refractivity contribution in [2.75, 3.05) is 13.1 Å². The van der Waals surface area contributed by atoms with Crippen LogP contribution in [0.4, 0.5) is 0 Å². The van der Waals surface area contributed by atoms with E-state index < -0.39 is 0 Å². The molecule has 0 spiro atoms. The predicted molar refractivity (Wildman–Crippen MR) is 150 cm³/mol. The SMILES string of the molecule is CCNC(CC)c1ncc(-c2ccc(-c3ccc4c(ccc5[nH]c(C(CC)NCC)nc54)c3)cc2)[nH]1. The van der Waals surface area contributed by atoms with Crippen LogP contribution < -0.4 is 10.6 Å². The molecule has 5 rings (SSSR count). The molecule has 3 aromatic carbocycles. The van der Waals surface area contributed by atoms with E-state index >= 15 is 0 Å². The maximum atomic E-state index is 4.98. The summed E-state index contributed by atoms with van der Waals surface area (Å²) in [6, 6.07) is 20.2. The van der Waals surface area contributed by atoms with Crippen LogP contribution in [0.15, 0.2) is 60.8 Å². The molecule has 186 valence electrons. The minimum absolute atomic E-state index is 0.247. The first-order valence-electron chi connectivity index (χ1n) is 13.2. The Kier molecular flexibility index (Phi) is 7.16. The van der Waals surface area contributed by atoms with Crippen LogP contribution in [-0.2, 0) is 0 Å². The molecule has 4 N–H and O–H groups in total. The Labute approximate surface area is 213 Å². The standard InChI is InChI=1S/C30H36N6/c1-5-24(31-7-3)29-33-18-27(35-29)20-11-9-19(10-12-20)21-13-15-23-22(17-21)14-16-26-28(23)36-30(34-26)25(6-2)32-8-4/h9-18,24-25,31-32H,5-8H2,1-4H3,(H,33,35)(H,34,36). The Morgan fingerprint density at radius 3 is 2.08 bits per heavy atom. The van der Waals surface area contributed by atoms with Crippen LogP contribution >= 0.6 is 0 Å². The molecule has 2 heterocycles. The van der Waals surface area contributed by atoms with Crippen LogP contribution in [0.5, 0.6) is 0 Å². The summed E-state index contributed by atoms with van der Waals surface area (Å²) in [7, 11) is 0. The van der Waals surface area contributed by atoms with Gasteiger partial charge in [-0.25, -0.2) is 9.97 Å². The van der Waals surface area contributed by atoms with Crippen molar-refractivity contribution in [1.29, 1.82) is 0 Å². The number of aromatic amines is 2. The maximum absolute atomic E-state index is 4.98. The molecule has 0 saturated carbocycles. The Morgan fingerprint density at radius 2 is 1.39 bits per heavy atom. The van der Waals surface area contributed by atoms with Crippen LogP contribution in [0, 0.1) is 0 Å². The maximum Gasteiger partial charge on any atom is 0.124 e. The monoisotopic (exact) mass is 480 g/mol. The third-order valence-electron chi connectivity index (χ3n) is 6.99. The van der Waals surface area contributed by atoms with Gasteiger partial charge in [0.05, 0.1) is 35.0 Å². The zero-order valence-electron chi connectivity index (χ0n) is 21.7. The summed E-state index contributed by atoms with van der Waals surface area (Å²) in [6.45, 7) is 10.5. The number of nitrogens with one attached hydrogen (secondary N) is 4. The lowest BCUT2D eigenvalue weighted by Gasteiger charge is -2.12. The van der Waals surface area contributed by atoms with Crippen LogP contribution in [0.25, 0.3) is 44.2 Å². The van der Waals surface area contributed by atoms with Gasteiger partial charge in [0.1, 0.15) is 11.6 Å². The van der Waals surface area contributed by atoms with E-state index in [1.165, 1.54) is 21.9 Å². The highest BCUT2D eigenvalue weighted by molar-refractivity contribution is 6.05. The lowest BCUT2D eigenvalue weighted by Crippen LogP contribution is -2.21. The Balaban J connectivity index is 1.41. The highest BCUT2D eigenvalue weighted by Gasteiger charge is 2.15. The quantitative estimate of drug-likeness (QED) is 0.175. The summed E-state index contributed by atoms with van der Waals surface area (Å²) in [6.07, 6.45) is 3.94. The summed E-state index contributed by atoms with van der Waals surface area (Å²) in [4.78, 5) is 16.6. The van der Waals surface area contributed by atoms with E-state index in [0.29, 0.717) is 0 Å². The van der Waals surface area contributed by atoms with E-state index in [0.717, 1.165) is 59.9 Å². The van der Waals surface area contributed by atoms with Gasteiger partial charge in [-0.15, -0.1) is 0 Å². The van der Waals surface area contributed by atoms with Crippen molar-refractivity contribution in [2.24, 2.45) is 0 Å². The molecule has 6 heteroatoms. The molecule has 6 nitrogen and oxygen atoms in total. The minimum Gasteiger partial charge on any atom is -0.341 e. The number of hydrogen-bond acceptors (Lipinski definition) is 4. The zero-order valence-corrected chi connectivity index (χ0v) is 21.7. The fourth-order valence-electron chi connectivity index (χ4n) is 5.03. The Hall–Kier alpha value is -3.48. The van der Waals surface area contributed by atoms with Crippen molar-refractivity contribution < 1.29 is 0 Å². The molecule has 2 aromatic heterocycles. The molecule has 2 unspecified atom stereocenters. The number of aromatic nitrogens is 4. The predicted octanol–water partition coefficient (Wildman–Crippen LogP) is 6.89. The number of hydrogen-bond donors (Lipinski definition) is 4. The van der Waals surface area contributed by atoms with Crippen LogP contribution in [-0.4, -0.2) is 33.0 Å². The lowest BCUT2D eigenvalue weighted by atomic mass is 9.99. The average molecular weight is 481 g/mol. The molecule has 0 aliphatic heterocycles. The molecule has 5 aromatic rings. The van der Waals surface area contributed by atoms with Crippen molar-refractivity contribution in [3.63, 3.8) is 0 Å². The van der Waals surface area contributed by atoms with E-state index in [4.69, 9.17) is 4.98 Å². The van der Waals surface area contributed by atoms with E-state index in [1.54, 1.807) is 0 Å². The molecule has 0 bridgehead atoms. The van der Waals surface area contributed by atoms with E-state index in [2.05, 4.69) is 108 Å². The molecule has 0 saturated heterocycles. The normalized spacial score (nSPS) is 13.4. The van der Waals surface area contributed by atoms with Gasteiger partial charge >= 0.3 is 0 Å². The Bertz CT molecular complexity index is 1450. The van der Waals surface area contributed by atoms with Crippen LogP contribution in [0.2, 0.25) is 0 Å². The smallest absolute Gasteiger partial charge is 0.124 e. The van der Waals surface area contributed by atoms with Crippen molar-refractivity contribution in [1.82, 2.24) is 30.6 Å². The van der Waals surface area contributed by atoms with Gasteiger partial charge in [0, 0.05) is 5.39 Å². The van der Waals surface area contributed by atoms with Gasteiger partial charge in [-0.3, -0.25) is 0 Å². The van der Waals surface area contributed by atoms with Gasteiger partial charge in [-0.05, 0) is 60.1 Å². The fourth-order valence-corrected chi connectivity index (χ4v) is 5.03. The first-order valence-corrected chi connectivity index (χ1v) is 13.2. The lowest BCUT2D eigenvalue weighted by molar-refractivity contribution is 0.515. The van der Waals surface area contributed by atoms with Gasteiger partial charge in [-0.1, -0.05) is 70.2 Å². The first-order chi connectivity index (χ1) is 17.6. The second-order valence-electron chi connectivity index (χ2n) is 9.32. The van der Waals surface area contributed by atoms with Gasteiger partial charge < -0.3 is 20.6 Å². The van der Waals surface area contributed by atoms with Gasteiger partial charge in [0.25, 0.3) is 0 Å². The van der Waals surface area contributed by atoms with Crippen molar-refractivity contribution >= 4 is 21.8 Å². The van der Waals surface area contributed by atoms with Crippen LogP contribution in [0.1, 0.15) is 64.3 Å². The molecule has 0 aliphatic rings. The van der Waals surface area contributed by atoms with E-state index in [-0.39, 0.29) is 12.1 Å². The summed E-state index contributed by atoms with van der Waals surface area (Å²) < 4.78 is 0. The van der Waals surface area contributed by atoms with Crippen molar-refractivity contribution in [2.45, 2.75) is 52.6 Å². The highest BCUT2D eigenvalue weighted by atomic mass is 15.0. The molecule has 36 heavy (non-hydrogen) atoms. The van der Waals surface area contributed by atoms with E-state index in [9.17, 15) is 0 Å². The minimum atomic E-state index is 0.247. The highest BCUT2D eigenvalue weighted by Crippen LogP contribution is 2.31. The van der Waals surface area contributed by atoms with E-state index in [1.807, 2.05) is 6.20 Å². The summed E-state index contributed by atoms with van der Waals surface area (Å²) in [5.74, 6) is 2.01. The molecule has 0 aliphatic carbocycles. The molecule has 2 atom stereocenters. The fraction of sp³-hybridized carbons (Fsp3) is 0.333. The number of fused-ring (bicyclic) bond motifs is 3. The third kappa shape index (κ3) is 4.66. The summed E-state index contributed by atoms with van der Waals surface area (Å²) in [5, 5.41) is 9.38. The molecule has 0 fully saturated rings. The summed E-state index contributed by atoms with van der Waals surface area (Å²) >= 11 is 0. The summed E-state index contributed by atoms with van der Waals surface area (Å²) in [5.41, 5.74) is 6.71. The molecular formula is C30H36N6. The number of H-pyrrole nitrogens is 2. The first kappa shape index (κ1) is 24.2. The second-order valence-corrected chi connectivity index (χ2v) is 9.32. The second kappa shape index (κ2) is 10.6. The average Bonchev–Trinajstić information content (AvgIpc) is 3.58. The van der Waals surface area contributed by atoms with Crippen molar-refractivity contribution in [3.05, 3.63) is 72.4 Å². The third-order valence-corrected chi connectivity index (χ3v) is 6.99. The van der Waals surface area contributed by atoms with Gasteiger partial charge in [-0.2, -0.15) is 0 Å². The zero-order chi connectivity index (χ0) is 25.1. The van der Waals surface area contributed by atoms with Gasteiger partial charge in [0.2, 0.25) is 0 Å². The van der Waals surface area contributed by atoms with Crippen molar-refractivity contribution in [3.8, 4) is 22.4 Å². The number of nitrogens with zero attached hydrogens (tertiary/aromatic N) is 2. The Morgan fingerprint density at radius 1 is 0.722 bits per heavy atom. The topological polar surface area (TPSA) is 81.4 Å². The van der Waals surface area contributed by atoms with Gasteiger partial charge in [0.15, 0.2) is 0 Å². The largest absolute Gasteiger partial charge is 0.341 e. The number of imidazole rings is 2. The number of benzene rings is 3. The number of rotatable bonds is 10. The van der Waals surface area contributed by atoms with Crippen LogP contribution in [0.3, 0.4) is 0 Å². The molecule has 0 radical (unpaired) electrons. The molecular weight excluding hydrogens is 444 g/mol.